The van der Waals surface area contributed by atoms with Gasteiger partial charge in [0.05, 0.1) is 0 Å². The van der Waals surface area contributed by atoms with Crippen molar-refractivity contribution >= 4 is 5.82 Å². The second-order valence-electron chi connectivity index (χ2n) is 5.78. The zero-order chi connectivity index (χ0) is 14.6. The molecule has 0 amide bonds. The summed E-state index contributed by atoms with van der Waals surface area (Å²) in [6, 6.07) is 10.2. The number of rotatable bonds is 4. The van der Waals surface area contributed by atoms with Gasteiger partial charge in [-0.15, -0.1) is 0 Å². The molecule has 106 valence electrons. The lowest BCUT2D eigenvalue weighted by molar-refractivity contribution is 0.383. The first-order valence-corrected chi connectivity index (χ1v) is 6.84. The van der Waals surface area contributed by atoms with Gasteiger partial charge in [0.15, 0.2) is 5.82 Å². The Bertz CT molecular complexity index is 612. The highest BCUT2D eigenvalue weighted by atomic mass is 16.1. The second-order valence-corrected chi connectivity index (χ2v) is 5.78. The van der Waals surface area contributed by atoms with Crippen LogP contribution in [-0.2, 0) is 12.0 Å². The Morgan fingerprint density at radius 3 is 2.55 bits per heavy atom. The van der Waals surface area contributed by atoms with Gasteiger partial charge >= 0.3 is 0 Å². The zero-order valence-electron chi connectivity index (χ0n) is 12.3. The maximum absolute atomic E-state index is 12.3. The summed E-state index contributed by atoms with van der Waals surface area (Å²) in [5.41, 5.74) is 0.927. The molecule has 0 aliphatic carbocycles. The Balaban J connectivity index is 2.06. The summed E-state index contributed by atoms with van der Waals surface area (Å²) in [7, 11) is 0. The Morgan fingerprint density at radius 1 is 1.20 bits per heavy atom. The number of hydrogen-bond donors (Lipinski definition) is 1. The fraction of sp³-hybridized carbons (Fsp3) is 0.375. The Kier molecular flexibility index (Phi) is 4.23. The molecule has 0 radical (unpaired) electrons. The molecule has 2 rings (SSSR count). The molecule has 1 N–H and O–H groups in total. The van der Waals surface area contributed by atoms with Gasteiger partial charge in [-0.1, -0.05) is 30.3 Å². The van der Waals surface area contributed by atoms with Gasteiger partial charge in [0, 0.05) is 24.5 Å². The lowest BCUT2D eigenvalue weighted by atomic mass is 10.1. The Morgan fingerprint density at radius 2 is 1.90 bits per heavy atom. The minimum Gasteiger partial charge on any atom is -0.365 e. The zero-order valence-corrected chi connectivity index (χ0v) is 12.3. The van der Waals surface area contributed by atoms with Gasteiger partial charge in [-0.25, -0.2) is 4.98 Å². The van der Waals surface area contributed by atoms with Gasteiger partial charge in [-0.2, -0.15) is 0 Å². The average Bonchev–Trinajstić information content (AvgIpc) is 2.40. The fourth-order valence-electron chi connectivity index (χ4n) is 2.03. The van der Waals surface area contributed by atoms with Crippen molar-refractivity contribution in [3.8, 4) is 0 Å². The molecule has 0 atom stereocenters. The van der Waals surface area contributed by atoms with Crippen LogP contribution in [0.4, 0.5) is 5.82 Å². The van der Waals surface area contributed by atoms with Crippen LogP contribution in [-0.4, -0.2) is 16.1 Å². The predicted molar refractivity (Wildman–Crippen MR) is 82.1 cm³/mol. The minimum atomic E-state index is -0.240. The number of nitrogens with one attached hydrogen (secondary N) is 1. The molecule has 0 saturated carbocycles. The summed E-state index contributed by atoms with van der Waals surface area (Å²) in [4.78, 5) is 16.4. The van der Waals surface area contributed by atoms with Gasteiger partial charge in [0.2, 0.25) is 0 Å². The van der Waals surface area contributed by atoms with E-state index in [9.17, 15) is 4.79 Å². The lowest BCUT2D eigenvalue weighted by Gasteiger charge is -2.22. The summed E-state index contributed by atoms with van der Waals surface area (Å²) in [6.45, 7) is 6.70. The second kappa shape index (κ2) is 5.90. The first kappa shape index (κ1) is 14.3. The van der Waals surface area contributed by atoms with Crippen LogP contribution >= 0.6 is 0 Å². The van der Waals surface area contributed by atoms with Crippen molar-refractivity contribution in [2.24, 2.45) is 0 Å². The van der Waals surface area contributed by atoms with E-state index >= 15 is 0 Å². The van der Waals surface area contributed by atoms with E-state index in [0.29, 0.717) is 12.4 Å². The number of benzene rings is 1. The van der Waals surface area contributed by atoms with Crippen LogP contribution in [0.15, 0.2) is 47.5 Å². The predicted octanol–water partition coefficient (Wildman–Crippen LogP) is 2.65. The van der Waals surface area contributed by atoms with Crippen LogP contribution in [0.3, 0.4) is 0 Å². The van der Waals surface area contributed by atoms with Crippen molar-refractivity contribution in [1.82, 2.24) is 9.55 Å². The molecule has 4 heteroatoms. The molecule has 0 fully saturated rings. The molecule has 1 aromatic heterocycles. The van der Waals surface area contributed by atoms with Crippen molar-refractivity contribution in [3.05, 3.63) is 58.6 Å². The summed E-state index contributed by atoms with van der Waals surface area (Å²) in [5, 5.41) is 3.13. The molecule has 0 unspecified atom stereocenters. The Hall–Kier alpha value is -2.10. The largest absolute Gasteiger partial charge is 0.365 e. The van der Waals surface area contributed by atoms with Crippen LogP contribution in [0.1, 0.15) is 26.3 Å². The molecule has 20 heavy (non-hydrogen) atoms. The number of nitrogens with zero attached hydrogens (tertiary/aromatic N) is 2. The van der Waals surface area contributed by atoms with Crippen molar-refractivity contribution < 1.29 is 0 Å². The molecule has 0 saturated heterocycles. The maximum atomic E-state index is 12.3. The molecule has 1 heterocycles. The quantitative estimate of drug-likeness (QED) is 0.930. The molecule has 0 aliphatic heterocycles. The van der Waals surface area contributed by atoms with Crippen LogP contribution in [0.5, 0.6) is 0 Å². The first-order chi connectivity index (χ1) is 9.48. The third-order valence-electron chi connectivity index (χ3n) is 3.11. The van der Waals surface area contributed by atoms with Crippen molar-refractivity contribution in [3.63, 3.8) is 0 Å². The van der Waals surface area contributed by atoms with E-state index in [4.69, 9.17) is 0 Å². The van der Waals surface area contributed by atoms with E-state index in [2.05, 4.69) is 22.4 Å². The fourth-order valence-corrected chi connectivity index (χ4v) is 2.03. The normalized spacial score (nSPS) is 11.3. The van der Waals surface area contributed by atoms with Gasteiger partial charge in [0.25, 0.3) is 5.56 Å². The molecular weight excluding hydrogens is 250 g/mol. The molecule has 0 bridgehead atoms. The molecule has 2 aromatic rings. The van der Waals surface area contributed by atoms with Crippen molar-refractivity contribution in [1.29, 1.82) is 0 Å². The summed E-state index contributed by atoms with van der Waals surface area (Å²) < 4.78 is 1.70. The number of anilines is 1. The molecule has 0 spiro atoms. The van der Waals surface area contributed by atoms with Gasteiger partial charge in [-0.3, -0.25) is 4.79 Å². The number of hydrogen-bond acceptors (Lipinski definition) is 3. The monoisotopic (exact) mass is 271 g/mol. The van der Waals surface area contributed by atoms with Gasteiger partial charge < -0.3 is 9.88 Å². The van der Waals surface area contributed by atoms with Crippen LogP contribution in [0, 0.1) is 0 Å². The Labute approximate surface area is 119 Å². The lowest BCUT2D eigenvalue weighted by Crippen LogP contribution is -2.35. The third kappa shape index (κ3) is 3.47. The highest BCUT2D eigenvalue weighted by molar-refractivity contribution is 5.31. The van der Waals surface area contributed by atoms with Crippen molar-refractivity contribution in [2.75, 3.05) is 11.9 Å². The van der Waals surface area contributed by atoms with Crippen molar-refractivity contribution in [2.45, 2.75) is 32.7 Å². The third-order valence-corrected chi connectivity index (χ3v) is 3.11. The number of aromatic nitrogens is 2. The molecule has 1 aromatic carbocycles. The van der Waals surface area contributed by atoms with Gasteiger partial charge in [-0.05, 0) is 32.8 Å². The van der Waals surface area contributed by atoms with E-state index in [1.807, 2.05) is 39.0 Å². The standard InChI is InChI=1S/C16H21N3O/c1-16(2,3)19-12-11-18-14(15(19)20)17-10-9-13-7-5-4-6-8-13/h4-8,11-12H,9-10H2,1-3H3,(H,17,18). The van der Waals surface area contributed by atoms with Gasteiger partial charge in [0.1, 0.15) is 0 Å². The molecule has 0 aliphatic rings. The van der Waals surface area contributed by atoms with Crippen LogP contribution in [0.2, 0.25) is 0 Å². The van der Waals surface area contributed by atoms with Crippen LogP contribution in [0.25, 0.3) is 0 Å². The SMILES string of the molecule is CC(C)(C)n1ccnc(NCCc2ccccc2)c1=O. The highest BCUT2D eigenvalue weighted by Gasteiger charge is 2.16. The molecular formula is C16H21N3O. The average molecular weight is 271 g/mol. The molecule has 4 nitrogen and oxygen atoms in total. The summed E-state index contributed by atoms with van der Waals surface area (Å²) >= 11 is 0. The summed E-state index contributed by atoms with van der Waals surface area (Å²) in [6.07, 6.45) is 4.26. The van der Waals surface area contributed by atoms with E-state index in [-0.39, 0.29) is 11.1 Å². The minimum absolute atomic E-state index is 0.0759. The first-order valence-electron chi connectivity index (χ1n) is 6.84. The smallest absolute Gasteiger partial charge is 0.293 e. The van der Waals surface area contributed by atoms with E-state index in [1.54, 1.807) is 17.0 Å². The highest BCUT2D eigenvalue weighted by Crippen LogP contribution is 2.10. The van der Waals surface area contributed by atoms with E-state index < -0.39 is 0 Å². The summed E-state index contributed by atoms with van der Waals surface area (Å²) in [5.74, 6) is 0.415. The topological polar surface area (TPSA) is 46.9 Å². The van der Waals surface area contributed by atoms with E-state index in [1.165, 1.54) is 5.56 Å². The maximum Gasteiger partial charge on any atom is 0.293 e. The van der Waals surface area contributed by atoms with Crippen LogP contribution < -0.4 is 10.9 Å². The van der Waals surface area contributed by atoms with E-state index in [0.717, 1.165) is 6.42 Å².